The van der Waals surface area contributed by atoms with Crippen molar-refractivity contribution in [2.75, 3.05) is 24.7 Å². The zero-order valence-corrected chi connectivity index (χ0v) is 30.0. The number of carbonyl (C=O) groups is 5. The van der Waals surface area contributed by atoms with Gasteiger partial charge in [0.1, 0.15) is 11.9 Å². The fourth-order valence-corrected chi connectivity index (χ4v) is 6.26. The minimum absolute atomic E-state index is 0.00388. The summed E-state index contributed by atoms with van der Waals surface area (Å²) in [6, 6.07) is 26.1. The largest absolute Gasteiger partial charge is 0.493 e. The lowest BCUT2D eigenvalue weighted by Crippen LogP contribution is -2.58. The second-order valence-electron chi connectivity index (χ2n) is 13.0. The van der Waals surface area contributed by atoms with Gasteiger partial charge in [0.15, 0.2) is 5.78 Å². The number of aliphatic hydroxyl groups excluding tert-OH is 1. The maximum Gasteiger partial charge on any atom is 0.338 e. The van der Waals surface area contributed by atoms with E-state index >= 15 is 0 Å². The second-order valence-corrected chi connectivity index (χ2v) is 13.0. The lowest BCUT2D eigenvalue weighted by Gasteiger charge is -2.45. The molecule has 1 heterocycles. The highest BCUT2D eigenvalue weighted by atomic mass is 16.5. The molecule has 1 aliphatic rings. The van der Waals surface area contributed by atoms with Crippen LogP contribution in [0, 0.1) is 5.92 Å². The Kier molecular flexibility index (Phi) is 13.1. The number of ether oxygens (including phenoxy) is 3. The summed E-state index contributed by atoms with van der Waals surface area (Å²) in [5, 5.41) is 12.4. The van der Waals surface area contributed by atoms with Gasteiger partial charge in [-0.25, -0.2) is 4.79 Å². The molecule has 0 unspecified atom stereocenters. The van der Waals surface area contributed by atoms with Gasteiger partial charge in [0.05, 0.1) is 43.0 Å². The molecule has 11 heteroatoms. The number of carbonyl (C=O) groups excluding carboxylic acids is 5. The minimum atomic E-state index is -1.29. The Morgan fingerprint density at radius 3 is 2.06 bits per heavy atom. The van der Waals surface area contributed by atoms with E-state index in [0.29, 0.717) is 40.1 Å². The van der Waals surface area contributed by atoms with Gasteiger partial charge in [0, 0.05) is 41.7 Å². The van der Waals surface area contributed by atoms with Crippen LogP contribution in [-0.2, 0) is 19.1 Å². The van der Waals surface area contributed by atoms with Crippen LogP contribution in [0.25, 0.3) is 0 Å². The predicted molar refractivity (Wildman–Crippen MR) is 198 cm³/mol. The van der Waals surface area contributed by atoms with Crippen LogP contribution >= 0.6 is 0 Å². The van der Waals surface area contributed by atoms with Gasteiger partial charge in [0.25, 0.3) is 5.91 Å². The predicted octanol–water partition coefficient (Wildman–Crippen LogP) is 6.09. The zero-order valence-electron chi connectivity index (χ0n) is 30.0. The maximum atomic E-state index is 14.5. The molecule has 276 valence electrons. The molecule has 0 fully saturated rings. The monoisotopic (exact) mass is 720 g/mol. The molecule has 0 aromatic heterocycles. The van der Waals surface area contributed by atoms with Gasteiger partial charge < -0.3 is 29.5 Å². The summed E-state index contributed by atoms with van der Waals surface area (Å²) < 4.78 is 17.5. The van der Waals surface area contributed by atoms with Crippen LogP contribution in [0.3, 0.4) is 0 Å². The molecular weight excluding hydrogens is 676 g/mol. The number of anilines is 1. The fourth-order valence-electron chi connectivity index (χ4n) is 6.26. The minimum Gasteiger partial charge on any atom is -0.493 e. The van der Waals surface area contributed by atoms with Crippen molar-refractivity contribution in [3.8, 4) is 5.75 Å². The van der Waals surface area contributed by atoms with Gasteiger partial charge in [-0.15, -0.1) is 0 Å². The first kappa shape index (κ1) is 38.4. The van der Waals surface area contributed by atoms with Crippen LogP contribution in [0.5, 0.6) is 5.75 Å². The van der Waals surface area contributed by atoms with Gasteiger partial charge in [-0.05, 0) is 55.3 Å². The lowest BCUT2D eigenvalue weighted by molar-refractivity contribution is -0.144. The van der Waals surface area contributed by atoms with Gasteiger partial charge in [-0.3, -0.25) is 19.2 Å². The quantitative estimate of drug-likeness (QED) is 0.0846. The van der Waals surface area contributed by atoms with Crippen molar-refractivity contribution in [1.82, 2.24) is 5.32 Å². The van der Waals surface area contributed by atoms with Crippen LogP contribution < -0.4 is 15.0 Å². The van der Waals surface area contributed by atoms with Crippen LogP contribution in [-0.4, -0.2) is 66.6 Å². The van der Waals surface area contributed by atoms with Gasteiger partial charge in [0.2, 0.25) is 5.91 Å². The molecule has 4 aromatic carbocycles. The van der Waals surface area contributed by atoms with E-state index in [9.17, 15) is 29.1 Å². The highest BCUT2D eigenvalue weighted by Gasteiger charge is 2.48. The molecule has 0 saturated carbocycles. The summed E-state index contributed by atoms with van der Waals surface area (Å²) in [5.74, 6) is -2.04. The van der Waals surface area contributed by atoms with Crippen LogP contribution in [0.15, 0.2) is 103 Å². The normalized spacial score (nSPS) is 16.3. The number of esters is 2. The standard InChI is InChI=1S/C42H44N2O9/c1-4-51-37(47)26-35-40(53-42(50)31-18-16-29(17-19-31)39(48)28-12-7-5-8-13-28)38(43-36(46)24-27(2)3)33-25-32(52-23-11-22-45)20-21-34(33)44(35)41(49)30-14-9-6-10-15-30/h5-10,12-21,25,27,35,38,40,45H,4,11,22-24,26H2,1-3H3,(H,43,46)/t35-,38-,40-/m0/s1. The molecule has 4 aromatic rings. The second kappa shape index (κ2) is 18.1. The molecule has 2 N–H and O–H groups in total. The Labute approximate surface area is 308 Å². The highest BCUT2D eigenvalue weighted by Crippen LogP contribution is 2.43. The fraction of sp³-hybridized carbons (Fsp3) is 0.310. The Balaban J connectivity index is 1.61. The summed E-state index contributed by atoms with van der Waals surface area (Å²) in [4.78, 5) is 69.7. The molecule has 2 amide bonds. The van der Waals surface area contributed by atoms with Crippen LogP contribution in [0.4, 0.5) is 5.69 Å². The zero-order chi connectivity index (χ0) is 37.9. The van der Waals surface area contributed by atoms with Crippen molar-refractivity contribution < 1.29 is 43.3 Å². The molecule has 53 heavy (non-hydrogen) atoms. The molecule has 3 atom stereocenters. The van der Waals surface area contributed by atoms with E-state index in [-0.39, 0.29) is 55.8 Å². The lowest BCUT2D eigenvalue weighted by atomic mass is 9.85. The van der Waals surface area contributed by atoms with Gasteiger partial charge in [-0.2, -0.15) is 0 Å². The first-order valence-corrected chi connectivity index (χ1v) is 17.7. The van der Waals surface area contributed by atoms with Gasteiger partial charge >= 0.3 is 11.9 Å². The Bertz CT molecular complexity index is 1900. The summed E-state index contributed by atoms with van der Waals surface area (Å²) >= 11 is 0. The van der Waals surface area contributed by atoms with E-state index in [4.69, 9.17) is 14.2 Å². The molecule has 1 aliphatic heterocycles. The third kappa shape index (κ3) is 9.55. The van der Waals surface area contributed by atoms with Crippen molar-refractivity contribution in [1.29, 1.82) is 0 Å². The maximum absolute atomic E-state index is 14.5. The number of ketones is 1. The average molecular weight is 721 g/mol. The number of benzene rings is 4. The third-order valence-electron chi connectivity index (χ3n) is 8.70. The molecule has 0 spiro atoms. The number of nitrogens with zero attached hydrogens (tertiary/aromatic N) is 1. The molecule has 0 saturated heterocycles. The molecule has 0 aliphatic carbocycles. The number of hydrogen-bond acceptors (Lipinski definition) is 9. The average Bonchev–Trinajstić information content (AvgIpc) is 3.16. The van der Waals surface area contributed by atoms with E-state index in [2.05, 4.69) is 5.32 Å². The summed E-state index contributed by atoms with van der Waals surface area (Å²) in [7, 11) is 0. The van der Waals surface area contributed by atoms with E-state index < -0.39 is 36.0 Å². The Morgan fingerprint density at radius 2 is 1.43 bits per heavy atom. The topological polar surface area (TPSA) is 149 Å². The van der Waals surface area contributed by atoms with Crippen molar-refractivity contribution in [3.05, 3.63) is 131 Å². The third-order valence-corrected chi connectivity index (χ3v) is 8.70. The number of fused-ring (bicyclic) bond motifs is 1. The summed E-state index contributed by atoms with van der Waals surface area (Å²) in [5.41, 5.74) is 2.11. The first-order chi connectivity index (χ1) is 25.6. The van der Waals surface area contributed by atoms with Crippen molar-refractivity contribution in [2.45, 2.75) is 58.2 Å². The Hall–Kier alpha value is -5.81. The van der Waals surface area contributed by atoms with Crippen molar-refractivity contribution in [2.24, 2.45) is 5.92 Å². The molecule has 0 radical (unpaired) electrons. The Morgan fingerprint density at radius 1 is 0.811 bits per heavy atom. The number of amides is 2. The van der Waals surface area contributed by atoms with Crippen molar-refractivity contribution >= 4 is 35.2 Å². The van der Waals surface area contributed by atoms with E-state index in [0.717, 1.165) is 0 Å². The summed E-state index contributed by atoms with van der Waals surface area (Å²) in [6.45, 7) is 5.67. The van der Waals surface area contributed by atoms with E-state index in [1.807, 2.05) is 19.9 Å². The first-order valence-electron chi connectivity index (χ1n) is 17.7. The number of aliphatic hydroxyl groups is 1. The molecular formula is C42H44N2O9. The smallest absolute Gasteiger partial charge is 0.338 e. The van der Waals surface area contributed by atoms with E-state index in [1.165, 1.54) is 29.2 Å². The highest BCUT2D eigenvalue weighted by molar-refractivity contribution is 6.09. The van der Waals surface area contributed by atoms with Crippen LogP contribution in [0.2, 0.25) is 0 Å². The van der Waals surface area contributed by atoms with E-state index in [1.54, 1.807) is 79.7 Å². The molecule has 0 bridgehead atoms. The van der Waals surface area contributed by atoms with Gasteiger partial charge in [-0.1, -0.05) is 74.5 Å². The SMILES string of the molecule is CCOC(=O)C[C@H]1[C@H](OC(=O)c2ccc(C(=O)c3ccccc3)cc2)[C@@H](NC(=O)CC(C)C)c2cc(OCCCO)ccc2N1C(=O)c1ccccc1. The number of hydrogen-bond donors (Lipinski definition) is 2. The van der Waals surface area contributed by atoms with Crippen LogP contribution in [0.1, 0.15) is 88.3 Å². The molecule has 11 nitrogen and oxygen atoms in total. The molecule has 5 rings (SSSR count). The number of rotatable bonds is 15. The summed E-state index contributed by atoms with van der Waals surface area (Å²) in [6.07, 6.45) is -1.12. The van der Waals surface area contributed by atoms with Crippen molar-refractivity contribution in [3.63, 3.8) is 0 Å². The number of nitrogens with one attached hydrogen (secondary N) is 1.